The van der Waals surface area contributed by atoms with Crippen molar-refractivity contribution in [2.75, 3.05) is 0 Å². The van der Waals surface area contributed by atoms with Crippen LogP contribution in [0.1, 0.15) is 48.6 Å². The predicted molar refractivity (Wildman–Crippen MR) is 172 cm³/mol. The van der Waals surface area contributed by atoms with Crippen molar-refractivity contribution in [3.8, 4) is 12.1 Å². The molecule has 0 spiro atoms. The molecule has 1 aliphatic carbocycles. The quantitative estimate of drug-likeness (QED) is 0.202. The second-order valence-electron chi connectivity index (χ2n) is 9.34. The van der Waals surface area contributed by atoms with Crippen LogP contribution in [0.5, 0.6) is 0 Å². The Bertz CT molecular complexity index is 1170. The highest BCUT2D eigenvalue weighted by Gasteiger charge is 2.32. The van der Waals surface area contributed by atoms with Gasteiger partial charge >= 0.3 is 0 Å². The molecule has 0 amide bonds. The molecule has 1 aliphatic rings. The normalized spacial score (nSPS) is 31.6. The van der Waals surface area contributed by atoms with Gasteiger partial charge in [-0.3, -0.25) is 0 Å². The third kappa shape index (κ3) is 7.36. The molecule has 0 radical (unpaired) electrons. The van der Waals surface area contributed by atoms with Gasteiger partial charge in [-0.25, -0.2) is 0 Å². The Morgan fingerprint density at radius 1 is 0.605 bits per heavy atom. The van der Waals surface area contributed by atoms with Crippen LogP contribution < -0.4 is 11.5 Å². The molecule has 0 saturated heterocycles. The first-order valence-electron chi connectivity index (χ1n) is 12.1. The molecule has 0 aliphatic heterocycles. The average Bonchev–Trinajstić information content (AvgIpc) is 2.91. The van der Waals surface area contributed by atoms with Crippen LogP contribution in [0.3, 0.4) is 0 Å². The van der Waals surface area contributed by atoms with E-state index in [4.69, 9.17) is 85.2 Å². The van der Waals surface area contributed by atoms with Crippen LogP contribution in [-0.4, -0.2) is 21.0 Å². The smallest absolute Gasteiger partial charge is 0.0972 e. The van der Waals surface area contributed by atoms with Crippen LogP contribution in [-0.2, 0) is 0 Å². The topological polar surface area (TPSA) is 99.6 Å². The van der Waals surface area contributed by atoms with Crippen LogP contribution in [0, 0.1) is 22.7 Å². The molecule has 6 unspecified atom stereocenters. The molecular weight excluding hydrogens is 592 g/mol. The highest BCUT2D eigenvalue weighted by atomic mass is 35.5. The van der Waals surface area contributed by atoms with E-state index < -0.39 is 10.5 Å². The summed E-state index contributed by atoms with van der Waals surface area (Å²) in [5.74, 6) is -0.763. The van der Waals surface area contributed by atoms with E-state index in [2.05, 4.69) is 12.1 Å². The van der Waals surface area contributed by atoms with E-state index in [0.29, 0.717) is 58.3 Å². The monoisotopic (exact) mass is 620 g/mol. The fraction of sp³-hybridized carbons (Fsp3) is 0.357. The van der Waals surface area contributed by atoms with E-state index in [0.717, 1.165) is 11.1 Å². The molecule has 3 rings (SSSR count). The lowest BCUT2D eigenvalue weighted by Crippen LogP contribution is -2.27. The Morgan fingerprint density at radius 2 is 0.921 bits per heavy atom. The first-order chi connectivity index (χ1) is 18.1. The molecule has 0 heterocycles. The second-order valence-corrected chi connectivity index (χ2v) is 12.8. The molecule has 0 fully saturated rings. The number of nitriles is 2. The van der Waals surface area contributed by atoms with Gasteiger partial charge in [-0.2, -0.15) is 61.0 Å². The molecule has 4 nitrogen and oxygen atoms in total. The zero-order chi connectivity index (χ0) is 28.0. The fourth-order valence-corrected chi connectivity index (χ4v) is 6.56. The molecule has 6 atom stereocenters. The number of halogens is 2. The molecule has 10 heteroatoms. The highest BCUT2D eigenvalue weighted by Crippen LogP contribution is 2.40. The van der Waals surface area contributed by atoms with Crippen LogP contribution >= 0.6 is 73.7 Å². The van der Waals surface area contributed by atoms with E-state index in [1.807, 2.05) is 24.3 Å². The lowest BCUT2D eigenvalue weighted by atomic mass is 9.82. The zero-order valence-electron chi connectivity index (χ0n) is 20.5. The summed E-state index contributed by atoms with van der Waals surface area (Å²) >= 11 is 31.7. The first kappa shape index (κ1) is 31.0. The van der Waals surface area contributed by atoms with Gasteiger partial charge in [0.15, 0.2) is 0 Å². The maximum Gasteiger partial charge on any atom is 0.0972 e. The number of rotatable bonds is 2. The van der Waals surface area contributed by atoms with Gasteiger partial charge in [0.05, 0.1) is 23.3 Å². The van der Waals surface area contributed by atoms with Crippen molar-refractivity contribution in [2.45, 2.75) is 58.5 Å². The predicted octanol–water partition coefficient (Wildman–Crippen LogP) is 7.10. The molecule has 2 aromatic carbocycles. The number of nitrogens with zero attached hydrogens (tertiary/aromatic N) is 2. The van der Waals surface area contributed by atoms with Crippen LogP contribution in [0.25, 0.3) is 0 Å². The van der Waals surface area contributed by atoms with E-state index >= 15 is 0 Å². The molecule has 0 aromatic heterocycles. The first-order valence-corrected chi connectivity index (χ1v) is 14.9. The number of hydrogen-bond donors (Lipinski definition) is 6. The second kappa shape index (κ2) is 14.2. The standard InChI is InChI=1S/C28H30Cl2N4S4/c29-17-5-1-15(2-6-17)25-19(13-31)27(33)23(37)12-10-22(36)26(16-3-7-18(30)8-4-16)20(14-32)28(34)24(38)11-9-21(25)35/h1-8,21-26,35-38H,9-12,33-34H2/b27-19+,28-20+. The maximum absolute atomic E-state index is 10.2. The SMILES string of the molecule is N#C/C1=C(\N)C(S)CCC(S)C(c2ccc(Cl)cc2)/C(C#N)=C(/N)C(S)CCC(S)C1c1ccc(Cl)cc1. The molecule has 38 heavy (non-hydrogen) atoms. The van der Waals surface area contributed by atoms with Crippen LogP contribution in [0.2, 0.25) is 10.0 Å². The summed E-state index contributed by atoms with van der Waals surface area (Å²) in [6, 6.07) is 19.4. The lowest BCUT2D eigenvalue weighted by molar-refractivity contribution is 0.615. The van der Waals surface area contributed by atoms with E-state index in [-0.39, 0.29) is 22.3 Å². The Hall–Kier alpha value is -1.52. The Kier molecular flexibility index (Phi) is 11.6. The molecule has 0 saturated carbocycles. The molecule has 2 aromatic rings. The van der Waals surface area contributed by atoms with Gasteiger partial charge in [-0.1, -0.05) is 47.5 Å². The van der Waals surface area contributed by atoms with Gasteiger partial charge in [-0.15, -0.1) is 0 Å². The maximum atomic E-state index is 10.2. The summed E-state index contributed by atoms with van der Waals surface area (Å²) < 4.78 is 0. The van der Waals surface area contributed by atoms with Gasteiger partial charge < -0.3 is 11.5 Å². The van der Waals surface area contributed by atoms with Crippen molar-refractivity contribution in [2.24, 2.45) is 11.5 Å². The van der Waals surface area contributed by atoms with E-state index in [1.54, 1.807) is 24.3 Å². The third-order valence-electron chi connectivity index (χ3n) is 6.90. The van der Waals surface area contributed by atoms with Gasteiger partial charge in [0.2, 0.25) is 0 Å². The van der Waals surface area contributed by atoms with Crippen LogP contribution in [0.15, 0.2) is 71.1 Å². The van der Waals surface area contributed by atoms with Crippen molar-refractivity contribution < 1.29 is 0 Å². The Balaban J connectivity index is 2.11. The van der Waals surface area contributed by atoms with Crippen molar-refractivity contribution in [3.63, 3.8) is 0 Å². The highest BCUT2D eigenvalue weighted by molar-refractivity contribution is 7.81. The molecule has 200 valence electrons. The number of allylic oxidation sites excluding steroid dienone is 2. The Morgan fingerprint density at radius 3 is 1.21 bits per heavy atom. The number of thiol groups is 4. The lowest BCUT2D eigenvalue weighted by Gasteiger charge is -2.30. The fourth-order valence-electron chi connectivity index (χ4n) is 4.79. The van der Waals surface area contributed by atoms with Gasteiger partial charge in [-0.05, 0) is 61.1 Å². The summed E-state index contributed by atoms with van der Waals surface area (Å²) in [4.78, 5) is 0. The minimum Gasteiger partial charge on any atom is -0.400 e. The van der Waals surface area contributed by atoms with E-state index in [9.17, 15) is 10.5 Å². The van der Waals surface area contributed by atoms with Crippen LogP contribution in [0.4, 0.5) is 0 Å². The third-order valence-corrected chi connectivity index (χ3v) is 9.59. The minimum atomic E-state index is -0.395. The van der Waals surface area contributed by atoms with Gasteiger partial charge in [0, 0.05) is 54.3 Å². The summed E-state index contributed by atoms with van der Waals surface area (Å²) in [5, 5.41) is 20.3. The molecular formula is C28H30Cl2N4S4. The molecule has 4 N–H and O–H groups in total. The number of benzene rings is 2. The van der Waals surface area contributed by atoms with Crippen molar-refractivity contribution >= 4 is 73.7 Å². The number of nitrogens with two attached hydrogens (primary N) is 2. The van der Waals surface area contributed by atoms with Crippen molar-refractivity contribution in [3.05, 3.63) is 92.2 Å². The van der Waals surface area contributed by atoms with Gasteiger partial charge in [0.25, 0.3) is 0 Å². The summed E-state index contributed by atoms with van der Waals surface area (Å²) in [6.45, 7) is 0. The van der Waals surface area contributed by atoms with E-state index in [1.165, 1.54) is 0 Å². The van der Waals surface area contributed by atoms with Crippen molar-refractivity contribution in [1.29, 1.82) is 10.5 Å². The molecule has 0 bridgehead atoms. The minimum absolute atomic E-state index is 0.273. The largest absolute Gasteiger partial charge is 0.400 e. The number of hydrogen-bond acceptors (Lipinski definition) is 8. The summed E-state index contributed by atoms with van der Waals surface area (Å²) in [7, 11) is 0. The van der Waals surface area contributed by atoms with Gasteiger partial charge in [0.1, 0.15) is 0 Å². The summed E-state index contributed by atoms with van der Waals surface area (Å²) in [6.07, 6.45) is 2.20. The van der Waals surface area contributed by atoms with Crippen molar-refractivity contribution in [1.82, 2.24) is 0 Å². The Labute approximate surface area is 257 Å². The zero-order valence-corrected chi connectivity index (χ0v) is 25.6. The average molecular weight is 622 g/mol. The summed E-state index contributed by atoms with van der Waals surface area (Å²) in [5.41, 5.74) is 16.7.